The number of ether oxygens (including phenoxy) is 2. The third-order valence-corrected chi connectivity index (χ3v) is 5.28. The van der Waals surface area contributed by atoms with Crippen LogP contribution in [-0.4, -0.2) is 43.5 Å². The van der Waals surface area contributed by atoms with Gasteiger partial charge in [0.05, 0.1) is 14.2 Å². The molecule has 0 saturated heterocycles. The number of aryl methyl sites for hydroxylation is 1. The standard InChI is InChI=1S/C25H33FN2O4/c1-5-15-27-25(30)21(6-2)28(17-19-7-11-20(26)12-8-19)24(29)14-10-18-9-13-22(31-3)23(16-18)32-4/h7-9,11-13,16,21H,5-6,10,14-15,17H2,1-4H3,(H,27,30)/t21-/m1/s1. The van der Waals surface area contributed by atoms with E-state index in [1.807, 2.05) is 32.0 Å². The van der Waals surface area contributed by atoms with Crippen LogP contribution in [-0.2, 0) is 22.6 Å². The number of hydrogen-bond donors (Lipinski definition) is 1. The van der Waals surface area contributed by atoms with Crippen molar-refractivity contribution >= 4 is 11.8 Å². The Morgan fingerprint density at radius 1 is 1.00 bits per heavy atom. The van der Waals surface area contributed by atoms with Gasteiger partial charge in [-0.2, -0.15) is 0 Å². The van der Waals surface area contributed by atoms with Gasteiger partial charge in [0.25, 0.3) is 0 Å². The van der Waals surface area contributed by atoms with E-state index in [9.17, 15) is 14.0 Å². The van der Waals surface area contributed by atoms with Gasteiger partial charge in [-0.15, -0.1) is 0 Å². The molecule has 0 aliphatic heterocycles. The molecule has 7 heteroatoms. The Bertz CT molecular complexity index is 886. The topological polar surface area (TPSA) is 67.9 Å². The predicted octanol–water partition coefficient (Wildman–Crippen LogP) is 4.11. The normalized spacial score (nSPS) is 11.5. The molecule has 1 atom stereocenters. The van der Waals surface area contributed by atoms with E-state index >= 15 is 0 Å². The Labute approximate surface area is 189 Å². The number of halogens is 1. The number of carbonyl (C=O) groups is 2. The van der Waals surface area contributed by atoms with E-state index in [0.29, 0.717) is 30.9 Å². The smallest absolute Gasteiger partial charge is 0.242 e. The first-order valence-electron chi connectivity index (χ1n) is 11.0. The lowest BCUT2D eigenvalue weighted by atomic mass is 10.1. The first kappa shape index (κ1) is 25.2. The van der Waals surface area contributed by atoms with Crippen molar-refractivity contribution in [2.75, 3.05) is 20.8 Å². The lowest BCUT2D eigenvalue weighted by Crippen LogP contribution is -2.49. The lowest BCUT2D eigenvalue weighted by Gasteiger charge is -2.30. The quantitative estimate of drug-likeness (QED) is 0.535. The summed E-state index contributed by atoms with van der Waals surface area (Å²) in [6, 6.07) is 11.0. The number of methoxy groups -OCH3 is 2. The predicted molar refractivity (Wildman–Crippen MR) is 122 cm³/mol. The van der Waals surface area contributed by atoms with E-state index < -0.39 is 6.04 Å². The van der Waals surface area contributed by atoms with Crippen LogP contribution >= 0.6 is 0 Å². The highest BCUT2D eigenvalue weighted by molar-refractivity contribution is 5.87. The van der Waals surface area contributed by atoms with E-state index in [2.05, 4.69) is 5.32 Å². The lowest BCUT2D eigenvalue weighted by molar-refractivity contribution is -0.141. The third kappa shape index (κ3) is 6.97. The monoisotopic (exact) mass is 444 g/mol. The average Bonchev–Trinajstić information content (AvgIpc) is 2.81. The number of amides is 2. The van der Waals surface area contributed by atoms with Crippen molar-refractivity contribution in [2.45, 2.75) is 52.1 Å². The molecule has 1 N–H and O–H groups in total. The summed E-state index contributed by atoms with van der Waals surface area (Å²) in [6.07, 6.45) is 2.02. The highest BCUT2D eigenvalue weighted by Crippen LogP contribution is 2.28. The van der Waals surface area contributed by atoms with Gasteiger partial charge in [-0.25, -0.2) is 4.39 Å². The fraction of sp³-hybridized carbons (Fsp3) is 0.440. The van der Waals surface area contributed by atoms with E-state index in [1.165, 1.54) is 12.1 Å². The summed E-state index contributed by atoms with van der Waals surface area (Å²) >= 11 is 0. The molecule has 0 aliphatic rings. The Morgan fingerprint density at radius 3 is 2.25 bits per heavy atom. The molecule has 0 radical (unpaired) electrons. The zero-order chi connectivity index (χ0) is 23.5. The molecule has 2 aromatic carbocycles. The van der Waals surface area contributed by atoms with Crippen molar-refractivity contribution in [1.82, 2.24) is 10.2 Å². The fourth-order valence-electron chi connectivity index (χ4n) is 3.50. The number of hydrogen-bond acceptors (Lipinski definition) is 4. The van der Waals surface area contributed by atoms with Gasteiger partial charge in [0.1, 0.15) is 11.9 Å². The summed E-state index contributed by atoms with van der Waals surface area (Å²) in [4.78, 5) is 27.6. The van der Waals surface area contributed by atoms with Crippen LogP contribution in [0.25, 0.3) is 0 Å². The molecular formula is C25H33FN2O4. The van der Waals surface area contributed by atoms with E-state index in [4.69, 9.17) is 9.47 Å². The van der Waals surface area contributed by atoms with Crippen LogP contribution in [0.5, 0.6) is 11.5 Å². The zero-order valence-corrected chi connectivity index (χ0v) is 19.3. The van der Waals surface area contributed by atoms with E-state index in [0.717, 1.165) is 17.5 Å². The number of benzene rings is 2. The minimum Gasteiger partial charge on any atom is -0.493 e. The SMILES string of the molecule is CCCNC(=O)[C@@H](CC)N(Cc1ccc(F)cc1)C(=O)CCc1ccc(OC)c(OC)c1. The highest BCUT2D eigenvalue weighted by atomic mass is 19.1. The summed E-state index contributed by atoms with van der Waals surface area (Å²) in [6.45, 7) is 4.66. The highest BCUT2D eigenvalue weighted by Gasteiger charge is 2.28. The first-order valence-corrected chi connectivity index (χ1v) is 11.0. The van der Waals surface area contributed by atoms with Gasteiger partial charge >= 0.3 is 0 Å². The van der Waals surface area contributed by atoms with Crippen LogP contribution in [0.3, 0.4) is 0 Å². The molecule has 0 saturated carbocycles. The summed E-state index contributed by atoms with van der Waals surface area (Å²) in [5.74, 6) is 0.580. The molecule has 0 unspecified atom stereocenters. The van der Waals surface area contributed by atoms with Crippen molar-refractivity contribution in [3.05, 3.63) is 59.4 Å². The van der Waals surface area contributed by atoms with Gasteiger partial charge in [-0.3, -0.25) is 9.59 Å². The second-order valence-electron chi connectivity index (χ2n) is 7.55. The Morgan fingerprint density at radius 2 is 1.66 bits per heavy atom. The molecular weight excluding hydrogens is 411 g/mol. The molecule has 2 amide bonds. The van der Waals surface area contributed by atoms with Crippen molar-refractivity contribution in [2.24, 2.45) is 0 Å². The summed E-state index contributed by atoms with van der Waals surface area (Å²) < 4.78 is 23.9. The van der Waals surface area contributed by atoms with Gasteiger partial charge in [0, 0.05) is 19.5 Å². The van der Waals surface area contributed by atoms with Gasteiger partial charge in [-0.1, -0.05) is 32.0 Å². The largest absolute Gasteiger partial charge is 0.493 e. The van der Waals surface area contributed by atoms with Crippen LogP contribution in [0.2, 0.25) is 0 Å². The minimum absolute atomic E-state index is 0.136. The number of rotatable bonds is 12. The van der Waals surface area contributed by atoms with Gasteiger partial charge < -0.3 is 19.7 Å². The van der Waals surface area contributed by atoms with Crippen molar-refractivity contribution in [3.63, 3.8) is 0 Å². The van der Waals surface area contributed by atoms with Crippen LogP contribution in [0.4, 0.5) is 4.39 Å². The second kappa shape index (κ2) is 12.7. The molecule has 0 aromatic heterocycles. The molecule has 0 aliphatic carbocycles. The first-order chi connectivity index (χ1) is 15.4. The molecule has 2 aromatic rings. The Kier molecular flexibility index (Phi) is 9.98. The van der Waals surface area contributed by atoms with E-state index in [-0.39, 0.29) is 30.6 Å². The molecule has 32 heavy (non-hydrogen) atoms. The Hall–Kier alpha value is -3.09. The minimum atomic E-state index is -0.593. The molecule has 2 rings (SSSR count). The molecule has 0 spiro atoms. The fourth-order valence-corrected chi connectivity index (χ4v) is 3.50. The van der Waals surface area contributed by atoms with Crippen molar-refractivity contribution in [3.8, 4) is 11.5 Å². The average molecular weight is 445 g/mol. The van der Waals surface area contributed by atoms with Gasteiger partial charge in [0.2, 0.25) is 11.8 Å². The Balaban J connectivity index is 2.20. The van der Waals surface area contributed by atoms with Gasteiger partial charge in [-0.05, 0) is 54.7 Å². The van der Waals surface area contributed by atoms with Crippen molar-refractivity contribution < 1.29 is 23.5 Å². The van der Waals surface area contributed by atoms with Gasteiger partial charge in [0.15, 0.2) is 11.5 Å². The summed E-state index contributed by atoms with van der Waals surface area (Å²) in [5, 5.41) is 2.89. The number of nitrogens with one attached hydrogen (secondary N) is 1. The maximum atomic E-state index is 13.3. The van der Waals surface area contributed by atoms with Crippen LogP contribution < -0.4 is 14.8 Å². The van der Waals surface area contributed by atoms with Crippen LogP contribution in [0.1, 0.15) is 44.2 Å². The maximum absolute atomic E-state index is 13.3. The summed E-state index contributed by atoms with van der Waals surface area (Å²) in [7, 11) is 3.14. The van der Waals surface area contributed by atoms with Crippen molar-refractivity contribution in [1.29, 1.82) is 0 Å². The molecule has 0 bridgehead atoms. The molecule has 0 fully saturated rings. The summed E-state index contributed by atoms with van der Waals surface area (Å²) in [5.41, 5.74) is 1.70. The third-order valence-electron chi connectivity index (χ3n) is 5.28. The number of carbonyl (C=O) groups excluding carboxylic acids is 2. The van der Waals surface area contributed by atoms with E-state index in [1.54, 1.807) is 31.3 Å². The number of nitrogens with zero attached hydrogens (tertiary/aromatic N) is 1. The van der Waals surface area contributed by atoms with Crippen LogP contribution in [0.15, 0.2) is 42.5 Å². The maximum Gasteiger partial charge on any atom is 0.242 e. The van der Waals surface area contributed by atoms with Crippen LogP contribution in [0, 0.1) is 5.82 Å². The molecule has 6 nitrogen and oxygen atoms in total. The zero-order valence-electron chi connectivity index (χ0n) is 19.3. The molecule has 0 heterocycles. The second-order valence-corrected chi connectivity index (χ2v) is 7.55. The molecule has 174 valence electrons.